The van der Waals surface area contributed by atoms with Crippen LogP contribution in [0.15, 0.2) is 60.7 Å². The average molecular weight is 351 g/mol. The van der Waals surface area contributed by atoms with Crippen molar-refractivity contribution in [2.75, 3.05) is 0 Å². The molecule has 1 heterocycles. The van der Waals surface area contributed by atoms with Crippen molar-refractivity contribution in [2.24, 2.45) is 0 Å². The summed E-state index contributed by atoms with van der Waals surface area (Å²) in [6.45, 7) is 4.55. The molecule has 0 N–H and O–H groups in total. The van der Waals surface area contributed by atoms with Crippen molar-refractivity contribution < 1.29 is 4.79 Å². The molecule has 0 fully saturated rings. The number of carbonyl (C=O) groups excluding carboxylic acids is 1. The average Bonchev–Trinajstić information content (AvgIpc) is 2.89. The molecule has 0 radical (unpaired) electrons. The highest BCUT2D eigenvalue weighted by atomic mass is 35.5. The predicted molar refractivity (Wildman–Crippen MR) is 102 cm³/mol. The fourth-order valence-electron chi connectivity index (χ4n) is 2.75. The monoisotopic (exact) mass is 350 g/mol. The Balaban J connectivity index is 1.84. The summed E-state index contributed by atoms with van der Waals surface area (Å²) in [5.74, 6) is -0.0155. The molecule has 3 nitrogen and oxygen atoms in total. The van der Waals surface area contributed by atoms with Gasteiger partial charge in [0.25, 0.3) is 0 Å². The number of hydrogen-bond acceptors (Lipinski definition) is 2. The molecule has 0 amide bonds. The predicted octanol–water partition coefficient (Wildman–Crippen LogP) is 5.10. The molecule has 0 spiro atoms. The first kappa shape index (κ1) is 17.2. The highest BCUT2D eigenvalue weighted by Gasteiger charge is 2.11. The van der Waals surface area contributed by atoms with Gasteiger partial charge in [-0.3, -0.25) is 9.48 Å². The zero-order valence-corrected chi connectivity index (χ0v) is 15.0. The maximum absolute atomic E-state index is 12.3. The molecule has 0 aliphatic rings. The first-order chi connectivity index (χ1) is 12.1. The molecule has 0 atom stereocenters. The molecule has 3 aromatic rings. The van der Waals surface area contributed by atoms with Crippen LogP contribution < -0.4 is 0 Å². The molecule has 2 aromatic carbocycles. The number of benzene rings is 2. The molecular formula is C21H19ClN2O. The van der Waals surface area contributed by atoms with Crippen LogP contribution >= 0.6 is 11.6 Å². The standard InChI is InChI=1S/C21H19ClN2O/c1-15-19(12-13-21(25)17-8-4-3-5-9-17)16(2)24(23-15)14-18-10-6-7-11-20(18)22/h3-13H,14H2,1-2H3/b13-12+. The van der Waals surface area contributed by atoms with E-state index in [0.717, 1.165) is 27.5 Å². The van der Waals surface area contributed by atoms with Gasteiger partial charge in [0, 0.05) is 21.8 Å². The van der Waals surface area contributed by atoms with Gasteiger partial charge >= 0.3 is 0 Å². The highest BCUT2D eigenvalue weighted by molar-refractivity contribution is 6.31. The van der Waals surface area contributed by atoms with Gasteiger partial charge < -0.3 is 0 Å². The number of rotatable bonds is 5. The van der Waals surface area contributed by atoms with Crippen LogP contribution in [0, 0.1) is 13.8 Å². The van der Waals surface area contributed by atoms with Gasteiger partial charge in [0.2, 0.25) is 0 Å². The van der Waals surface area contributed by atoms with Crippen molar-refractivity contribution >= 4 is 23.5 Å². The molecule has 126 valence electrons. The van der Waals surface area contributed by atoms with Gasteiger partial charge in [-0.25, -0.2) is 0 Å². The summed E-state index contributed by atoms with van der Waals surface area (Å²) in [6.07, 6.45) is 3.45. The third-order valence-electron chi connectivity index (χ3n) is 4.18. The van der Waals surface area contributed by atoms with E-state index in [1.165, 1.54) is 0 Å². The number of carbonyl (C=O) groups is 1. The number of ketones is 1. The summed E-state index contributed by atoms with van der Waals surface area (Å²) in [4.78, 5) is 12.3. The topological polar surface area (TPSA) is 34.9 Å². The summed E-state index contributed by atoms with van der Waals surface area (Å²) in [5, 5.41) is 5.32. The molecule has 0 saturated carbocycles. The molecule has 0 aliphatic heterocycles. The van der Waals surface area contributed by atoms with E-state index in [0.29, 0.717) is 12.1 Å². The lowest BCUT2D eigenvalue weighted by molar-refractivity contribution is 0.104. The van der Waals surface area contributed by atoms with Crippen LogP contribution in [-0.2, 0) is 6.54 Å². The molecule has 3 rings (SSSR count). The summed E-state index contributed by atoms with van der Waals surface area (Å²) >= 11 is 6.24. The Morgan fingerprint density at radius 1 is 1.08 bits per heavy atom. The van der Waals surface area contributed by atoms with E-state index in [1.54, 1.807) is 6.08 Å². The Kier molecular flexibility index (Phi) is 5.15. The lowest BCUT2D eigenvalue weighted by Gasteiger charge is -2.06. The summed E-state index contributed by atoms with van der Waals surface area (Å²) in [5.41, 5.74) is 4.57. The number of halogens is 1. The van der Waals surface area contributed by atoms with Crippen LogP contribution in [0.3, 0.4) is 0 Å². The van der Waals surface area contributed by atoms with Gasteiger partial charge in [0.15, 0.2) is 5.78 Å². The SMILES string of the molecule is Cc1nn(Cc2ccccc2Cl)c(C)c1/C=C/C(=O)c1ccccc1. The van der Waals surface area contributed by atoms with Gasteiger partial charge in [0.05, 0.1) is 12.2 Å². The van der Waals surface area contributed by atoms with E-state index in [-0.39, 0.29) is 5.78 Å². The van der Waals surface area contributed by atoms with Gasteiger partial charge in [-0.05, 0) is 37.6 Å². The van der Waals surface area contributed by atoms with E-state index in [4.69, 9.17) is 11.6 Å². The normalized spacial score (nSPS) is 11.2. The van der Waals surface area contributed by atoms with Gasteiger partial charge in [-0.1, -0.05) is 60.1 Å². The third kappa shape index (κ3) is 3.89. The zero-order valence-electron chi connectivity index (χ0n) is 14.2. The van der Waals surface area contributed by atoms with Crippen LogP contribution in [0.4, 0.5) is 0 Å². The Morgan fingerprint density at radius 3 is 2.48 bits per heavy atom. The first-order valence-corrected chi connectivity index (χ1v) is 8.49. The first-order valence-electron chi connectivity index (χ1n) is 8.11. The second-order valence-electron chi connectivity index (χ2n) is 5.90. The molecule has 25 heavy (non-hydrogen) atoms. The van der Waals surface area contributed by atoms with Crippen LogP contribution in [0.5, 0.6) is 0 Å². The molecular weight excluding hydrogens is 332 g/mol. The van der Waals surface area contributed by atoms with Gasteiger partial charge in [0.1, 0.15) is 0 Å². The Morgan fingerprint density at radius 2 is 1.76 bits per heavy atom. The van der Waals surface area contributed by atoms with Gasteiger partial charge in [-0.2, -0.15) is 5.10 Å². The van der Waals surface area contributed by atoms with Crippen molar-refractivity contribution in [1.82, 2.24) is 9.78 Å². The number of aromatic nitrogens is 2. The highest BCUT2D eigenvalue weighted by Crippen LogP contribution is 2.20. The van der Waals surface area contributed by atoms with Crippen LogP contribution in [0.25, 0.3) is 6.08 Å². The number of nitrogens with zero attached hydrogens (tertiary/aromatic N) is 2. The Hall–Kier alpha value is -2.65. The Labute approximate surface area is 152 Å². The van der Waals surface area contributed by atoms with E-state index >= 15 is 0 Å². The molecule has 0 saturated heterocycles. The molecule has 0 unspecified atom stereocenters. The minimum atomic E-state index is -0.0155. The number of allylic oxidation sites excluding steroid dienone is 1. The number of hydrogen-bond donors (Lipinski definition) is 0. The fraction of sp³-hybridized carbons (Fsp3) is 0.143. The minimum Gasteiger partial charge on any atom is -0.289 e. The van der Waals surface area contributed by atoms with Crippen molar-refractivity contribution in [3.8, 4) is 0 Å². The fourth-order valence-corrected chi connectivity index (χ4v) is 2.95. The summed E-state index contributed by atoms with van der Waals surface area (Å²) in [7, 11) is 0. The van der Waals surface area contributed by atoms with Crippen molar-refractivity contribution in [1.29, 1.82) is 0 Å². The van der Waals surface area contributed by atoms with Crippen molar-refractivity contribution in [3.05, 3.63) is 93.8 Å². The second kappa shape index (κ2) is 7.49. The Bertz CT molecular complexity index is 926. The smallest absolute Gasteiger partial charge is 0.185 e. The van der Waals surface area contributed by atoms with Crippen LogP contribution in [0.2, 0.25) is 5.02 Å². The maximum Gasteiger partial charge on any atom is 0.185 e. The number of aryl methyl sites for hydroxylation is 1. The summed E-state index contributed by atoms with van der Waals surface area (Å²) < 4.78 is 1.92. The largest absolute Gasteiger partial charge is 0.289 e. The van der Waals surface area contributed by atoms with Crippen molar-refractivity contribution in [2.45, 2.75) is 20.4 Å². The molecule has 4 heteroatoms. The van der Waals surface area contributed by atoms with Crippen molar-refractivity contribution in [3.63, 3.8) is 0 Å². The van der Waals surface area contributed by atoms with E-state index in [1.807, 2.05) is 79.2 Å². The van der Waals surface area contributed by atoms with Gasteiger partial charge in [-0.15, -0.1) is 0 Å². The van der Waals surface area contributed by atoms with E-state index < -0.39 is 0 Å². The molecule has 0 aliphatic carbocycles. The summed E-state index contributed by atoms with van der Waals surface area (Å²) in [6, 6.07) is 17.0. The lowest BCUT2D eigenvalue weighted by Crippen LogP contribution is -2.04. The quantitative estimate of drug-likeness (QED) is 0.474. The molecule has 0 bridgehead atoms. The van der Waals surface area contributed by atoms with E-state index in [2.05, 4.69) is 5.10 Å². The maximum atomic E-state index is 12.3. The minimum absolute atomic E-state index is 0.0155. The lowest BCUT2D eigenvalue weighted by atomic mass is 10.1. The van der Waals surface area contributed by atoms with Crippen LogP contribution in [-0.4, -0.2) is 15.6 Å². The zero-order chi connectivity index (χ0) is 17.8. The third-order valence-corrected chi connectivity index (χ3v) is 4.54. The van der Waals surface area contributed by atoms with Crippen LogP contribution in [0.1, 0.15) is 32.9 Å². The second-order valence-corrected chi connectivity index (χ2v) is 6.30. The molecule has 1 aromatic heterocycles. The van der Waals surface area contributed by atoms with E-state index in [9.17, 15) is 4.79 Å².